The lowest BCUT2D eigenvalue weighted by Gasteiger charge is -2.31. The Hall–Kier alpha value is -3.00. The van der Waals surface area contributed by atoms with Crippen molar-refractivity contribution in [1.82, 2.24) is 10.2 Å². The molecule has 24 heavy (non-hydrogen) atoms. The van der Waals surface area contributed by atoms with Gasteiger partial charge in [0.05, 0.1) is 16.8 Å². The van der Waals surface area contributed by atoms with Crippen LogP contribution in [-0.4, -0.2) is 10.2 Å². The smallest absolute Gasteiger partial charge is 0.244 e. The lowest BCUT2D eigenvalue weighted by Crippen LogP contribution is -2.25. The second kappa shape index (κ2) is 5.89. The molecule has 2 atom stereocenters. The highest BCUT2D eigenvalue weighted by molar-refractivity contribution is 5.69. The molecule has 120 valence electrons. The molecule has 0 fully saturated rings. The highest BCUT2D eigenvalue weighted by atomic mass is 16.5. The maximum absolute atomic E-state index is 9.67. The standard InChI is InChI=1S/C19H18N4O/c20-11-14-15(12-7-3-1-4-8-12)16-17(13-9-5-2-6-10-13)22-23-19(16)24-18(14)21/h1-3,5-6,9-10,12,15H,4,7-8,21H2,(H,22,23). The number of nitrogens with one attached hydrogen (secondary N) is 1. The van der Waals surface area contributed by atoms with Gasteiger partial charge in [-0.25, -0.2) is 0 Å². The van der Waals surface area contributed by atoms with Crippen LogP contribution in [0.5, 0.6) is 5.88 Å². The summed E-state index contributed by atoms with van der Waals surface area (Å²) < 4.78 is 5.63. The minimum Gasteiger partial charge on any atom is -0.420 e. The first-order valence-corrected chi connectivity index (χ1v) is 8.16. The van der Waals surface area contributed by atoms with Crippen molar-refractivity contribution in [1.29, 1.82) is 5.26 Å². The lowest BCUT2D eigenvalue weighted by atomic mass is 9.74. The fourth-order valence-corrected chi connectivity index (χ4v) is 3.70. The number of nitriles is 1. The van der Waals surface area contributed by atoms with E-state index in [2.05, 4.69) is 28.4 Å². The van der Waals surface area contributed by atoms with Crippen molar-refractivity contribution in [2.24, 2.45) is 11.7 Å². The second-order valence-corrected chi connectivity index (χ2v) is 6.20. The predicted molar refractivity (Wildman–Crippen MR) is 90.7 cm³/mol. The molecule has 2 aliphatic rings. The first-order chi connectivity index (χ1) is 11.8. The Labute approximate surface area is 140 Å². The van der Waals surface area contributed by atoms with Crippen molar-refractivity contribution in [2.45, 2.75) is 25.2 Å². The van der Waals surface area contributed by atoms with Gasteiger partial charge in [0, 0.05) is 5.92 Å². The van der Waals surface area contributed by atoms with Crippen molar-refractivity contribution in [2.75, 3.05) is 0 Å². The third kappa shape index (κ3) is 2.28. The number of ether oxygens (including phenoxy) is 1. The number of nitrogens with two attached hydrogens (primary N) is 1. The van der Waals surface area contributed by atoms with Gasteiger partial charge in [0.1, 0.15) is 6.07 Å². The summed E-state index contributed by atoms with van der Waals surface area (Å²) in [7, 11) is 0. The van der Waals surface area contributed by atoms with Gasteiger partial charge in [0.2, 0.25) is 11.8 Å². The first-order valence-electron chi connectivity index (χ1n) is 8.16. The summed E-state index contributed by atoms with van der Waals surface area (Å²) in [6.07, 6.45) is 7.37. The molecule has 0 amide bonds. The minimum absolute atomic E-state index is 0.0855. The summed E-state index contributed by atoms with van der Waals surface area (Å²) in [6.45, 7) is 0. The van der Waals surface area contributed by atoms with Gasteiger partial charge in [-0.3, -0.25) is 5.10 Å². The number of aromatic amines is 1. The van der Waals surface area contributed by atoms with Crippen molar-refractivity contribution in [3.63, 3.8) is 0 Å². The fraction of sp³-hybridized carbons (Fsp3) is 0.263. The Kier molecular flexibility index (Phi) is 3.58. The third-order valence-electron chi connectivity index (χ3n) is 4.83. The van der Waals surface area contributed by atoms with Crippen LogP contribution in [0, 0.1) is 17.2 Å². The molecule has 0 radical (unpaired) electrons. The number of allylic oxidation sites excluding steroid dienone is 3. The molecule has 3 N–H and O–H groups in total. The molecule has 4 rings (SSSR count). The molecule has 2 aromatic rings. The Balaban J connectivity index is 1.87. The van der Waals surface area contributed by atoms with Crippen molar-refractivity contribution in [3.8, 4) is 23.2 Å². The van der Waals surface area contributed by atoms with Crippen LogP contribution in [0.25, 0.3) is 11.3 Å². The van der Waals surface area contributed by atoms with E-state index in [1.54, 1.807) is 0 Å². The van der Waals surface area contributed by atoms with E-state index in [1.807, 2.05) is 30.3 Å². The largest absolute Gasteiger partial charge is 0.420 e. The maximum Gasteiger partial charge on any atom is 0.244 e. The number of H-pyrrole nitrogens is 1. The zero-order valence-electron chi connectivity index (χ0n) is 13.2. The molecule has 0 spiro atoms. The summed E-state index contributed by atoms with van der Waals surface area (Å²) >= 11 is 0. The van der Waals surface area contributed by atoms with Crippen LogP contribution in [0.1, 0.15) is 30.7 Å². The van der Waals surface area contributed by atoms with Gasteiger partial charge < -0.3 is 10.5 Å². The second-order valence-electron chi connectivity index (χ2n) is 6.20. The Morgan fingerprint density at radius 2 is 2.08 bits per heavy atom. The Bertz CT molecular complexity index is 857. The van der Waals surface area contributed by atoms with E-state index in [4.69, 9.17) is 10.5 Å². The van der Waals surface area contributed by atoms with E-state index < -0.39 is 0 Å². The van der Waals surface area contributed by atoms with Crippen LogP contribution in [0.3, 0.4) is 0 Å². The molecule has 0 saturated carbocycles. The monoisotopic (exact) mass is 318 g/mol. The number of hydrogen-bond donors (Lipinski definition) is 2. The molecule has 0 saturated heterocycles. The molecule has 5 heteroatoms. The molecular weight excluding hydrogens is 300 g/mol. The van der Waals surface area contributed by atoms with Crippen molar-refractivity contribution in [3.05, 3.63) is 59.5 Å². The van der Waals surface area contributed by atoms with E-state index in [9.17, 15) is 5.26 Å². The molecule has 2 unspecified atom stereocenters. The summed E-state index contributed by atoms with van der Waals surface area (Å²) in [5.74, 6) is 0.907. The summed E-state index contributed by atoms with van der Waals surface area (Å²) in [5.41, 5.74) is 9.42. The van der Waals surface area contributed by atoms with Crippen LogP contribution < -0.4 is 10.5 Å². The molecule has 1 aliphatic heterocycles. The van der Waals surface area contributed by atoms with Crippen molar-refractivity contribution < 1.29 is 4.74 Å². The Morgan fingerprint density at radius 1 is 1.25 bits per heavy atom. The number of nitrogens with zero attached hydrogens (tertiary/aromatic N) is 2. The molecule has 1 aromatic heterocycles. The minimum atomic E-state index is -0.0855. The average Bonchev–Trinajstić information content (AvgIpc) is 3.05. The number of rotatable bonds is 2. The molecule has 5 nitrogen and oxygen atoms in total. The summed E-state index contributed by atoms with van der Waals surface area (Å²) in [4.78, 5) is 0. The van der Waals surface area contributed by atoms with E-state index in [1.165, 1.54) is 0 Å². The zero-order valence-corrected chi connectivity index (χ0v) is 13.2. The normalized spacial score (nSPS) is 22.6. The van der Waals surface area contributed by atoms with E-state index in [0.29, 0.717) is 17.4 Å². The number of benzene rings is 1. The van der Waals surface area contributed by atoms with Crippen LogP contribution in [0.4, 0.5) is 0 Å². The molecule has 1 aliphatic carbocycles. The van der Waals surface area contributed by atoms with Gasteiger partial charge in [0.25, 0.3) is 0 Å². The van der Waals surface area contributed by atoms with Gasteiger partial charge >= 0.3 is 0 Å². The highest BCUT2D eigenvalue weighted by Gasteiger charge is 2.38. The summed E-state index contributed by atoms with van der Waals surface area (Å²) in [6, 6.07) is 12.3. The molecule has 1 aromatic carbocycles. The first kappa shape index (κ1) is 14.6. The van der Waals surface area contributed by atoms with Gasteiger partial charge in [0.15, 0.2) is 0 Å². The zero-order chi connectivity index (χ0) is 16.5. The number of hydrogen-bond acceptors (Lipinski definition) is 4. The summed E-state index contributed by atoms with van der Waals surface area (Å²) in [5, 5.41) is 17.1. The van der Waals surface area contributed by atoms with Gasteiger partial charge in [-0.05, 0) is 30.7 Å². The van der Waals surface area contributed by atoms with Gasteiger partial charge in [-0.1, -0.05) is 42.5 Å². The topological polar surface area (TPSA) is 87.7 Å². The Morgan fingerprint density at radius 3 is 2.79 bits per heavy atom. The fourth-order valence-electron chi connectivity index (χ4n) is 3.70. The lowest BCUT2D eigenvalue weighted by molar-refractivity contribution is 0.340. The molecular formula is C19H18N4O. The highest BCUT2D eigenvalue weighted by Crippen LogP contribution is 2.48. The predicted octanol–water partition coefficient (Wildman–Crippen LogP) is 3.60. The van der Waals surface area contributed by atoms with Crippen LogP contribution in [0.15, 0.2) is 53.9 Å². The maximum atomic E-state index is 9.67. The van der Waals surface area contributed by atoms with Crippen LogP contribution in [0.2, 0.25) is 0 Å². The van der Waals surface area contributed by atoms with E-state index >= 15 is 0 Å². The quantitative estimate of drug-likeness (QED) is 0.828. The van der Waals surface area contributed by atoms with Crippen LogP contribution >= 0.6 is 0 Å². The molecule has 0 bridgehead atoms. The van der Waals surface area contributed by atoms with Crippen molar-refractivity contribution >= 4 is 0 Å². The molecule has 2 heterocycles. The third-order valence-corrected chi connectivity index (χ3v) is 4.83. The number of aromatic nitrogens is 2. The van der Waals surface area contributed by atoms with E-state index in [-0.39, 0.29) is 11.8 Å². The average molecular weight is 318 g/mol. The SMILES string of the molecule is N#CC1=C(N)Oc2n[nH]c(-c3ccccc3)c2C1C1CC=CCC1. The van der Waals surface area contributed by atoms with Gasteiger partial charge in [-0.2, -0.15) is 5.26 Å². The van der Waals surface area contributed by atoms with Gasteiger partial charge in [-0.15, -0.1) is 5.10 Å². The number of fused-ring (bicyclic) bond motifs is 1. The van der Waals surface area contributed by atoms with E-state index in [0.717, 1.165) is 36.1 Å². The van der Waals surface area contributed by atoms with Crippen LogP contribution in [-0.2, 0) is 0 Å².